The van der Waals surface area contributed by atoms with E-state index in [1.807, 2.05) is 24.3 Å². The molecule has 0 bridgehead atoms. The number of Topliss-reactive ketones (excluding diaryl/α,β-unsaturated/α-hetero) is 1. The molecule has 0 saturated heterocycles. The highest BCUT2D eigenvalue weighted by Crippen LogP contribution is 2.33. The van der Waals surface area contributed by atoms with Gasteiger partial charge in [-0.15, -0.1) is 0 Å². The third-order valence-electron chi connectivity index (χ3n) is 3.95. The molecule has 2 aromatic carbocycles. The highest BCUT2D eigenvalue weighted by atomic mass is 16.5. The normalized spacial score (nSPS) is 14.3. The Hall–Kier alpha value is -2.16. The summed E-state index contributed by atoms with van der Waals surface area (Å²) < 4.78 is 5.22. The predicted octanol–water partition coefficient (Wildman–Crippen LogP) is 3.07. The Kier molecular flexibility index (Phi) is 3.05. The summed E-state index contributed by atoms with van der Waals surface area (Å²) in [4.78, 5) is 23.5. The SMILES string of the molecule is CC(=O)C(C)OC(=O)c1ccc2c3c(cccc13)CC2. The molecule has 1 aliphatic carbocycles. The second kappa shape index (κ2) is 4.75. The predicted molar refractivity (Wildman–Crippen MR) is 76.9 cm³/mol. The maximum absolute atomic E-state index is 12.2. The molecule has 0 heterocycles. The standard InChI is InChI=1S/C17H16O3/c1-10(18)11(2)20-17(19)15-9-8-13-7-6-12-4-3-5-14(15)16(12)13/h3-5,8-9,11H,6-7H2,1-2H3. The van der Waals surface area contributed by atoms with Crippen LogP contribution in [0.15, 0.2) is 30.3 Å². The summed E-state index contributed by atoms with van der Waals surface area (Å²) in [5.41, 5.74) is 3.11. The van der Waals surface area contributed by atoms with Gasteiger partial charge in [0.2, 0.25) is 0 Å². The van der Waals surface area contributed by atoms with Gasteiger partial charge in [-0.25, -0.2) is 4.79 Å². The maximum Gasteiger partial charge on any atom is 0.339 e. The second-order valence-electron chi connectivity index (χ2n) is 5.27. The van der Waals surface area contributed by atoms with Crippen molar-refractivity contribution in [1.82, 2.24) is 0 Å². The molecule has 1 atom stereocenters. The van der Waals surface area contributed by atoms with Crippen LogP contribution < -0.4 is 0 Å². The molecule has 2 aromatic rings. The van der Waals surface area contributed by atoms with E-state index < -0.39 is 12.1 Å². The van der Waals surface area contributed by atoms with Gasteiger partial charge in [0, 0.05) is 0 Å². The minimum Gasteiger partial charge on any atom is -0.451 e. The maximum atomic E-state index is 12.2. The van der Waals surface area contributed by atoms with Crippen molar-refractivity contribution in [1.29, 1.82) is 0 Å². The Labute approximate surface area is 117 Å². The molecule has 0 aliphatic heterocycles. The topological polar surface area (TPSA) is 43.4 Å². The van der Waals surface area contributed by atoms with Gasteiger partial charge in [-0.3, -0.25) is 4.79 Å². The Morgan fingerprint density at radius 1 is 1.10 bits per heavy atom. The average Bonchev–Trinajstić information content (AvgIpc) is 2.84. The van der Waals surface area contributed by atoms with Crippen molar-refractivity contribution in [2.24, 2.45) is 0 Å². The quantitative estimate of drug-likeness (QED) is 0.803. The lowest BCUT2D eigenvalue weighted by molar-refractivity contribution is -0.124. The minimum atomic E-state index is -0.703. The number of carbonyl (C=O) groups excluding carboxylic acids is 2. The first kappa shape index (κ1) is 12.9. The van der Waals surface area contributed by atoms with Crippen LogP contribution in [0.4, 0.5) is 0 Å². The highest BCUT2D eigenvalue weighted by Gasteiger charge is 2.21. The van der Waals surface area contributed by atoms with Crippen LogP contribution in [-0.2, 0) is 22.4 Å². The van der Waals surface area contributed by atoms with Gasteiger partial charge in [0.1, 0.15) is 0 Å². The molecule has 3 heteroatoms. The average molecular weight is 268 g/mol. The summed E-state index contributed by atoms with van der Waals surface area (Å²) in [6.45, 7) is 3.02. The summed E-state index contributed by atoms with van der Waals surface area (Å²) in [6.07, 6.45) is 1.34. The molecule has 0 N–H and O–H groups in total. The first-order valence-corrected chi connectivity index (χ1v) is 6.83. The molecule has 0 spiro atoms. The zero-order valence-electron chi connectivity index (χ0n) is 11.6. The van der Waals surface area contributed by atoms with Gasteiger partial charge in [0.05, 0.1) is 5.56 Å². The first-order chi connectivity index (χ1) is 9.58. The van der Waals surface area contributed by atoms with Crippen molar-refractivity contribution in [3.8, 4) is 0 Å². The lowest BCUT2D eigenvalue weighted by Gasteiger charge is -2.12. The van der Waals surface area contributed by atoms with Crippen molar-refractivity contribution in [3.63, 3.8) is 0 Å². The monoisotopic (exact) mass is 268 g/mol. The Balaban J connectivity index is 2.05. The molecule has 0 saturated carbocycles. The van der Waals surface area contributed by atoms with Gasteiger partial charge in [0.15, 0.2) is 11.9 Å². The van der Waals surface area contributed by atoms with Crippen molar-refractivity contribution in [3.05, 3.63) is 47.0 Å². The van der Waals surface area contributed by atoms with E-state index in [2.05, 4.69) is 6.07 Å². The smallest absolute Gasteiger partial charge is 0.339 e. The zero-order chi connectivity index (χ0) is 14.3. The molecule has 0 amide bonds. The number of benzene rings is 2. The number of carbonyl (C=O) groups is 2. The van der Waals surface area contributed by atoms with Crippen LogP contribution in [0.5, 0.6) is 0 Å². The van der Waals surface area contributed by atoms with Crippen LogP contribution in [0.25, 0.3) is 10.8 Å². The van der Waals surface area contributed by atoms with E-state index in [-0.39, 0.29) is 5.78 Å². The van der Waals surface area contributed by atoms with Crippen molar-refractivity contribution >= 4 is 22.5 Å². The van der Waals surface area contributed by atoms with Gasteiger partial charge in [-0.2, -0.15) is 0 Å². The van der Waals surface area contributed by atoms with Crippen LogP contribution in [0, 0.1) is 0 Å². The molecule has 3 rings (SSSR count). The van der Waals surface area contributed by atoms with E-state index >= 15 is 0 Å². The molecular weight excluding hydrogens is 252 g/mol. The number of aryl methyl sites for hydroxylation is 2. The van der Waals surface area contributed by atoms with Gasteiger partial charge >= 0.3 is 5.97 Å². The minimum absolute atomic E-state index is 0.149. The summed E-state index contributed by atoms with van der Waals surface area (Å²) in [5.74, 6) is -0.576. The first-order valence-electron chi connectivity index (χ1n) is 6.83. The summed E-state index contributed by atoms with van der Waals surface area (Å²) >= 11 is 0. The van der Waals surface area contributed by atoms with Gasteiger partial charge in [-0.05, 0) is 54.7 Å². The fraction of sp³-hybridized carbons (Fsp3) is 0.294. The number of hydrogen-bond donors (Lipinski definition) is 0. The van der Waals surface area contributed by atoms with Crippen LogP contribution in [0.1, 0.15) is 35.3 Å². The number of esters is 1. The Morgan fingerprint density at radius 2 is 1.80 bits per heavy atom. The molecule has 0 aromatic heterocycles. The van der Waals surface area contributed by atoms with Crippen LogP contribution in [-0.4, -0.2) is 17.9 Å². The fourth-order valence-electron chi connectivity index (χ4n) is 2.73. The molecular formula is C17H16O3. The van der Waals surface area contributed by atoms with Crippen molar-refractivity contribution in [2.75, 3.05) is 0 Å². The van der Waals surface area contributed by atoms with E-state index in [0.29, 0.717) is 5.56 Å². The van der Waals surface area contributed by atoms with Crippen LogP contribution >= 0.6 is 0 Å². The van der Waals surface area contributed by atoms with Crippen LogP contribution in [0.3, 0.4) is 0 Å². The Bertz CT molecular complexity index is 705. The third-order valence-corrected chi connectivity index (χ3v) is 3.95. The molecule has 1 unspecified atom stereocenters. The molecule has 0 radical (unpaired) electrons. The third kappa shape index (κ3) is 1.99. The molecule has 0 fully saturated rings. The van der Waals surface area contributed by atoms with E-state index in [4.69, 9.17) is 4.74 Å². The highest BCUT2D eigenvalue weighted by molar-refractivity contribution is 6.07. The second-order valence-corrected chi connectivity index (χ2v) is 5.27. The van der Waals surface area contributed by atoms with E-state index in [0.717, 1.165) is 18.2 Å². The number of ketones is 1. The molecule has 102 valence electrons. The summed E-state index contributed by atoms with van der Waals surface area (Å²) in [7, 11) is 0. The number of ether oxygens (including phenoxy) is 1. The summed E-state index contributed by atoms with van der Waals surface area (Å²) in [5, 5.41) is 2.11. The lowest BCUT2D eigenvalue weighted by atomic mass is 10.00. The largest absolute Gasteiger partial charge is 0.451 e. The zero-order valence-corrected chi connectivity index (χ0v) is 11.6. The van der Waals surface area contributed by atoms with Crippen LogP contribution in [0.2, 0.25) is 0 Å². The van der Waals surface area contributed by atoms with Crippen molar-refractivity contribution in [2.45, 2.75) is 32.8 Å². The molecule has 3 nitrogen and oxygen atoms in total. The van der Waals surface area contributed by atoms with E-state index in [1.165, 1.54) is 23.4 Å². The Morgan fingerprint density at radius 3 is 2.50 bits per heavy atom. The van der Waals surface area contributed by atoms with E-state index in [9.17, 15) is 9.59 Å². The van der Waals surface area contributed by atoms with Gasteiger partial charge in [0.25, 0.3) is 0 Å². The van der Waals surface area contributed by atoms with Gasteiger partial charge in [-0.1, -0.05) is 24.3 Å². The van der Waals surface area contributed by atoms with Gasteiger partial charge < -0.3 is 4.74 Å². The molecule has 20 heavy (non-hydrogen) atoms. The van der Waals surface area contributed by atoms with Crippen molar-refractivity contribution < 1.29 is 14.3 Å². The fourth-order valence-corrected chi connectivity index (χ4v) is 2.73. The number of rotatable bonds is 3. The van der Waals surface area contributed by atoms with E-state index in [1.54, 1.807) is 6.92 Å². The number of hydrogen-bond acceptors (Lipinski definition) is 3. The lowest BCUT2D eigenvalue weighted by Crippen LogP contribution is -2.22. The molecule has 1 aliphatic rings. The summed E-state index contributed by atoms with van der Waals surface area (Å²) in [6, 6.07) is 9.82.